The molecule has 192 valence electrons. The second-order valence-corrected chi connectivity index (χ2v) is 14.4. The number of carboxylic acid groups (broad SMARTS) is 2. The van der Waals surface area contributed by atoms with Gasteiger partial charge in [-0.1, -0.05) is 60.1 Å². The van der Waals surface area contributed by atoms with E-state index in [1.54, 1.807) is 0 Å². The minimum Gasteiger partial charge on any atom is -0.481 e. The Morgan fingerprint density at radius 2 is 1.65 bits per heavy atom. The second kappa shape index (κ2) is 8.10. The van der Waals surface area contributed by atoms with Gasteiger partial charge >= 0.3 is 11.9 Å². The van der Waals surface area contributed by atoms with E-state index in [2.05, 4.69) is 54.5 Å². The maximum Gasteiger partial charge on any atom is 0.310 e. The van der Waals surface area contributed by atoms with Crippen LogP contribution in [0.3, 0.4) is 0 Å². The van der Waals surface area contributed by atoms with E-state index in [4.69, 9.17) is 0 Å². The molecule has 0 radical (unpaired) electrons. The molecule has 0 spiro atoms. The molecule has 0 aromatic rings. The van der Waals surface area contributed by atoms with Crippen molar-refractivity contribution < 1.29 is 19.8 Å². The van der Waals surface area contributed by atoms with E-state index in [0.29, 0.717) is 17.8 Å². The van der Waals surface area contributed by atoms with E-state index < -0.39 is 17.4 Å². The van der Waals surface area contributed by atoms with Gasteiger partial charge in [-0.2, -0.15) is 0 Å². The predicted molar refractivity (Wildman–Crippen MR) is 135 cm³/mol. The summed E-state index contributed by atoms with van der Waals surface area (Å²) in [6, 6.07) is 0. The van der Waals surface area contributed by atoms with Crippen LogP contribution in [0.25, 0.3) is 0 Å². The highest BCUT2D eigenvalue weighted by atomic mass is 16.4. The summed E-state index contributed by atoms with van der Waals surface area (Å²) in [7, 11) is 0. The van der Waals surface area contributed by atoms with Gasteiger partial charge in [0.25, 0.3) is 0 Å². The molecule has 0 aromatic carbocycles. The van der Waals surface area contributed by atoms with Crippen molar-refractivity contribution in [3.63, 3.8) is 0 Å². The lowest BCUT2D eigenvalue weighted by molar-refractivity contribution is -0.175. The van der Waals surface area contributed by atoms with Gasteiger partial charge in [0.2, 0.25) is 0 Å². The smallest absolute Gasteiger partial charge is 0.310 e. The van der Waals surface area contributed by atoms with Crippen LogP contribution < -0.4 is 0 Å². The second-order valence-electron chi connectivity index (χ2n) is 14.4. The predicted octanol–water partition coefficient (Wildman–Crippen LogP) is 7.57. The van der Waals surface area contributed by atoms with E-state index in [9.17, 15) is 19.8 Å². The lowest BCUT2D eigenvalue weighted by Gasteiger charge is -2.69. The normalized spacial score (nSPS) is 45.5. The van der Waals surface area contributed by atoms with Gasteiger partial charge < -0.3 is 10.2 Å². The summed E-state index contributed by atoms with van der Waals surface area (Å²) >= 11 is 0. The number of aliphatic carboxylic acids is 2. The maximum absolute atomic E-state index is 12.8. The SMILES string of the molecule is CC(C)C1CC[C@]2(C)C(CC=C3C4CC(C)(C)CC[C@]4(C(=O)O)CC[C@]32C)[C@@]1(C)CCC(=O)O. The first-order chi connectivity index (χ1) is 15.6. The van der Waals surface area contributed by atoms with E-state index in [1.165, 1.54) is 5.57 Å². The van der Waals surface area contributed by atoms with Crippen LogP contribution in [0, 0.1) is 50.7 Å². The van der Waals surface area contributed by atoms with Crippen LogP contribution in [0.1, 0.15) is 113 Å². The standard InChI is InChI=1S/C30H48O4/c1-19(2)20-10-13-29(7)23(27(20,5)12-11-24(31)32)9-8-21-22-18-26(3,4)14-16-30(22,25(33)34)17-15-28(21,29)6/h8,19-20,22-23H,9-18H2,1-7H3,(H,31,32)(H,33,34)/t20?,22?,23?,27-,28+,29+,30-/m0/s1. The van der Waals surface area contributed by atoms with Gasteiger partial charge in [-0.25, -0.2) is 0 Å². The van der Waals surface area contributed by atoms with Gasteiger partial charge in [-0.3, -0.25) is 9.59 Å². The topological polar surface area (TPSA) is 74.6 Å². The number of hydrogen-bond acceptors (Lipinski definition) is 2. The molecule has 3 saturated carbocycles. The molecule has 0 heterocycles. The number of carbonyl (C=O) groups is 2. The van der Waals surface area contributed by atoms with Gasteiger partial charge in [-0.05, 0) is 103 Å². The van der Waals surface area contributed by atoms with Crippen molar-refractivity contribution >= 4 is 11.9 Å². The van der Waals surface area contributed by atoms with Crippen molar-refractivity contribution in [1.82, 2.24) is 0 Å². The molecule has 2 N–H and O–H groups in total. The third kappa shape index (κ3) is 3.52. The Hall–Kier alpha value is -1.32. The zero-order chi connectivity index (χ0) is 25.3. The maximum atomic E-state index is 12.8. The van der Waals surface area contributed by atoms with Gasteiger partial charge in [0.05, 0.1) is 5.41 Å². The molecule has 3 unspecified atom stereocenters. The molecular formula is C30H48O4. The minimum absolute atomic E-state index is 0.0145. The Morgan fingerprint density at radius 3 is 2.24 bits per heavy atom. The Kier molecular flexibility index (Phi) is 6.14. The van der Waals surface area contributed by atoms with Crippen LogP contribution in [-0.2, 0) is 9.59 Å². The number of fused-ring (bicyclic) bond motifs is 5. The monoisotopic (exact) mass is 472 g/mol. The van der Waals surface area contributed by atoms with Crippen LogP contribution in [-0.4, -0.2) is 22.2 Å². The highest BCUT2D eigenvalue weighted by Crippen LogP contribution is 2.74. The molecule has 3 fully saturated rings. The summed E-state index contributed by atoms with van der Waals surface area (Å²) in [5.74, 6) is 0.340. The average Bonchev–Trinajstić information content (AvgIpc) is 2.72. The summed E-state index contributed by atoms with van der Waals surface area (Å²) < 4.78 is 0. The Balaban J connectivity index is 1.81. The van der Waals surface area contributed by atoms with Crippen LogP contribution in [0.5, 0.6) is 0 Å². The Labute approximate surface area is 207 Å². The van der Waals surface area contributed by atoms with Crippen molar-refractivity contribution in [2.75, 3.05) is 0 Å². The molecule has 34 heavy (non-hydrogen) atoms. The van der Waals surface area contributed by atoms with Gasteiger partial charge in [0.1, 0.15) is 0 Å². The third-order valence-corrected chi connectivity index (χ3v) is 12.1. The molecule has 4 aliphatic rings. The average molecular weight is 473 g/mol. The van der Waals surface area contributed by atoms with Crippen LogP contribution >= 0.6 is 0 Å². The number of rotatable bonds is 5. The van der Waals surface area contributed by atoms with Crippen LogP contribution in [0.4, 0.5) is 0 Å². The van der Waals surface area contributed by atoms with Crippen molar-refractivity contribution in [3.05, 3.63) is 11.6 Å². The number of allylic oxidation sites excluding steroid dienone is 2. The van der Waals surface area contributed by atoms with Crippen molar-refractivity contribution in [3.8, 4) is 0 Å². The lowest BCUT2D eigenvalue weighted by Crippen LogP contribution is -2.62. The molecular weight excluding hydrogens is 424 g/mol. The fraction of sp³-hybridized carbons (Fsp3) is 0.867. The van der Waals surface area contributed by atoms with E-state index in [-0.39, 0.29) is 34.0 Å². The van der Waals surface area contributed by atoms with Gasteiger partial charge in [0.15, 0.2) is 0 Å². The highest BCUT2D eigenvalue weighted by Gasteiger charge is 2.67. The van der Waals surface area contributed by atoms with E-state index >= 15 is 0 Å². The van der Waals surface area contributed by atoms with E-state index in [0.717, 1.165) is 57.8 Å². The fourth-order valence-electron chi connectivity index (χ4n) is 9.85. The first kappa shape index (κ1) is 25.8. The first-order valence-corrected chi connectivity index (χ1v) is 13.8. The zero-order valence-corrected chi connectivity index (χ0v) is 22.7. The van der Waals surface area contributed by atoms with Crippen molar-refractivity contribution in [2.24, 2.45) is 50.7 Å². The molecule has 0 aromatic heterocycles. The summed E-state index contributed by atoms with van der Waals surface area (Å²) in [5, 5.41) is 20.1. The fourth-order valence-corrected chi connectivity index (χ4v) is 9.85. The van der Waals surface area contributed by atoms with Crippen LogP contribution in [0.2, 0.25) is 0 Å². The van der Waals surface area contributed by atoms with Gasteiger partial charge in [0, 0.05) is 6.42 Å². The molecule has 0 aliphatic heterocycles. The first-order valence-electron chi connectivity index (χ1n) is 13.8. The Morgan fingerprint density at radius 1 is 1.00 bits per heavy atom. The molecule has 4 aliphatic carbocycles. The molecule has 0 saturated heterocycles. The summed E-state index contributed by atoms with van der Waals surface area (Å²) in [6.07, 6.45) is 11.2. The molecule has 0 amide bonds. The van der Waals surface area contributed by atoms with E-state index in [1.807, 2.05) is 0 Å². The minimum atomic E-state index is -0.692. The molecule has 4 heteroatoms. The Bertz CT molecular complexity index is 886. The quantitative estimate of drug-likeness (QED) is 0.405. The molecule has 4 nitrogen and oxygen atoms in total. The van der Waals surface area contributed by atoms with Crippen LogP contribution in [0.15, 0.2) is 11.6 Å². The van der Waals surface area contributed by atoms with Gasteiger partial charge in [-0.15, -0.1) is 0 Å². The molecule has 0 bridgehead atoms. The van der Waals surface area contributed by atoms with Crippen molar-refractivity contribution in [2.45, 2.75) is 113 Å². The highest BCUT2D eigenvalue weighted by molar-refractivity contribution is 5.76. The molecule has 7 atom stereocenters. The molecule has 4 rings (SSSR count). The zero-order valence-electron chi connectivity index (χ0n) is 22.7. The lowest BCUT2D eigenvalue weighted by atomic mass is 9.35. The summed E-state index contributed by atoms with van der Waals surface area (Å²) in [6.45, 7) is 16.6. The number of hydrogen-bond donors (Lipinski definition) is 2. The van der Waals surface area contributed by atoms with Crippen molar-refractivity contribution in [1.29, 1.82) is 0 Å². The third-order valence-electron chi connectivity index (χ3n) is 12.1. The summed E-state index contributed by atoms with van der Waals surface area (Å²) in [5.41, 5.74) is 1.05. The summed E-state index contributed by atoms with van der Waals surface area (Å²) in [4.78, 5) is 24.4. The number of carboxylic acids is 2. The largest absolute Gasteiger partial charge is 0.481 e.